The van der Waals surface area contributed by atoms with Gasteiger partial charge in [0.15, 0.2) is 11.5 Å². The fourth-order valence-corrected chi connectivity index (χ4v) is 4.82. The van der Waals surface area contributed by atoms with Gasteiger partial charge in [0.1, 0.15) is 17.4 Å². The van der Waals surface area contributed by atoms with Crippen molar-refractivity contribution in [3.8, 4) is 0 Å². The van der Waals surface area contributed by atoms with E-state index < -0.39 is 0 Å². The van der Waals surface area contributed by atoms with Gasteiger partial charge in [0.25, 0.3) is 0 Å². The number of aromatic amines is 1. The predicted molar refractivity (Wildman–Crippen MR) is 99.3 cm³/mol. The van der Waals surface area contributed by atoms with Gasteiger partial charge in [-0.1, -0.05) is 0 Å². The average Bonchev–Trinajstić information content (AvgIpc) is 3.36. The third-order valence-electron chi connectivity index (χ3n) is 5.36. The predicted octanol–water partition coefficient (Wildman–Crippen LogP) is 1.60. The Kier molecular flexibility index (Phi) is 3.87. The largest absolute Gasteiger partial charge is 0.370 e. The lowest BCUT2D eigenvalue weighted by Crippen LogP contribution is -2.53. The van der Waals surface area contributed by atoms with Crippen LogP contribution in [-0.4, -0.2) is 68.2 Å². The molecule has 1 N–H and O–H groups in total. The average molecular weight is 371 g/mol. The fourth-order valence-electron chi connectivity index (χ4n) is 4.00. The molecule has 0 saturated carbocycles. The first-order valence-electron chi connectivity index (χ1n) is 8.87. The quantitative estimate of drug-likeness (QED) is 0.749. The van der Waals surface area contributed by atoms with E-state index in [9.17, 15) is 0 Å². The van der Waals surface area contributed by atoms with E-state index >= 15 is 0 Å². The van der Waals surface area contributed by atoms with E-state index in [0.29, 0.717) is 5.65 Å². The van der Waals surface area contributed by atoms with E-state index in [0.717, 1.165) is 62.8 Å². The van der Waals surface area contributed by atoms with Crippen LogP contribution in [0.1, 0.15) is 17.0 Å². The highest BCUT2D eigenvalue weighted by Gasteiger charge is 2.43. The molecule has 136 valence electrons. The molecule has 2 aliphatic rings. The van der Waals surface area contributed by atoms with Crippen LogP contribution < -0.4 is 4.90 Å². The van der Waals surface area contributed by atoms with Gasteiger partial charge in [-0.05, 0) is 13.3 Å². The van der Waals surface area contributed by atoms with Crippen molar-refractivity contribution in [1.82, 2.24) is 29.8 Å². The highest BCUT2D eigenvalue weighted by Crippen LogP contribution is 2.34. The summed E-state index contributed by atoms with van der Waals surface area (Å²) in [6.45, 7) is 7.50. The van der Waals surface area contributed by atoms with Gasteiger partial charge in [0.05, 0.1) is 24.1 Å². The van der Waals surface area contributed by atoms with Crippen LogP contribution in [0.2, 0.25) is 0 Å². The van der Waals surface area contributed by atoms with E-state index in [-0.39, 0.29) is 5.60 Å². The first-order valence-corrected chi connectivity index (χ1v) is 9.75. The second kappa shape index (κ2) is 6.26. The lowest BCUT2D eigenvalue weighted by atomic mass is 10.0. The van der Waals surface area contributed by atoms with E-state index in [1.165, 1.54) is 4.88 Å². The number of rotatable bonds is 3. The van der Waals surface area contributed by atoms with Crippen LogP contribution in [0.5, 0.6) is 0 Å². The highest BCUT2D eigenvalue weighted by molar-refractivity contribution is 7.09. The number of aryl methyl sites for hydroxylation is 1. The lowest BCUT2D eigenvalue weighted by Gasteiger charge is -2.40. The zero-order valence-corrected chi connectivity index (χ0v) is 15.5. The van der Waals surface area contributed by atoms with Gasteiger partial charge in [-0.2, -0.15) is 0 Å². The molecule has 0 amide bonds. The number of ether oxygens (including phenoxy) is 1. The summed E-state index contributed by atoms with van der Waals surface area (Å²) < 4.78 is 6.29. The Balaban J connectivity index is 1.34. The molecule has 0 aliphatic carbocycles. The SMILES string of the molecule is Cc1ncsc1CN1CCOC2(CCN(c3ncnc4nc[nH]c34)C2)C1. The summed E-state index contributed by atoms with van der Waals surface area (Å²) in [5.41, 5.74) is 4.56. The van der Waals surface area contributed by atoms with Crippen LogP contribution >= 0.6 is 11.3 Å². The smallest absolute Gasteiger partial charge is 0.182 e. The van der Waals surface area contributed by atoms with Crippen molar-refractivity contribution in [2.75, 3.05) is 37.7 Å². The number of fused-ring (bicyclic) bond motifs is 1. The van der Waals surface area contributed by atoms with Gasteiger partial charge in [-0.3, -0.25) is 4.90 Å². The number of hydrogen-bond acceptors (Lipinski definition) is 8. The summed E-state index contributed by atoms with van der Waals surface area (Å²) >= 11 is 1.74. The number of nitrogens with one attached hydrogen (secondary N) is 1. The summed E-state index contributed by atoms with van der Waals surface area (Å²) in [5, 5.41) is 0. The van der Waals surface area contributed by atoms with Gasteiger partial charge in [0.2, 0.25) is 0 Å². The normalized spacial score (nSPS) is 24.1. The fraction of sp³-hybridized carbons (Fsp3) is 0.529. The number of anilines is 1. The number of imidazole rings is 1. The van der Waals surface area contributed by atoms with Crippen molar-refractivity contribution in [3.63, 3.8) is 0 Å². The molecule has 0 radical (unpaired) electrons. The topological polar surface area (TPSA) is 83.1 Å². The maximum atomic E-state index is 6.29. The molecule has 1 atom stereocenters. The molecular weight excluding hydrogens is 350 g/mol. The third-order valence-corrected chi connectivity index (χ3v) is 6.28. The van der Waals surface area contributed by atoms with Crippen molar-refractivity contribution in [3.05, 3.63) is 28.7 Å². The number of hydrogen-bond donors (Lipinski definition) is 1. The first kappa shape index (κ1) is 16.1. The Hall–Kier alpha value is -2.10. The Labute approximate surface area is 155 Å². The van der Waals surface area contributed by atoms with E-state index in [1.807, 2.05) is 5.51 Å². The maximum absolute atomic E-state index is 6.29. The molecule has 1 unspecified atom stereocenters. The minimum absolute atomic E-state index is 0.131. The molecule has 2 fully saturated rings. The Bertz CT molecular complexity index is 925. The van der Waals surface area contributed by atoms with Crippen LogP contribution in [0.15, 0.2) is 18.2 Å². The molecule has 8 nitrogen and oxygen atoms in total. The van der Waals surface area contributed by atoms with Crippen LogP contribution in [0.4, 0.5) is 5.82 Å². The molecule has 2 saturated heterocycles. The lowest BCUT2D eigenvalue weighted by molar-refractivity contribution is -0.0972. The molecule has 26 heavy (non-hydrogen) atoms. The zero-order chi connectivity index (χ0) is 17.6. The summed E-state index contributed by atoms with van der Waals surface area (Å²) in [7, 11) is 0. The van der Waals surface area contributed by atoms with Gasteiger partial charge in [-0.25, -0.2) is 19.9 Å². The summed E-state index contributed by atoms with van der Waals surface area (Å²) in [4.78, 5) is 26.6. The Morgan fingerprint density at radius 1 is 1.23 bits per heavy atom. The molecule has 5 heterocycles. The number of H-pyrrole nitrogens is 1. The van der Waals surface area contributed by atoms with Crippen LogP contribution in [0, 0.1) is 6.92 Å². The minimum Gasteiger partial charge on any atom is -0.370 e. The molecular formula is C17H21N7OS. The second-order valence-electron chi connectivity index (χ2n) is 7.07. The van der Waals surface area contributed by atoms with Gasteiger partial charge in [0, 0.05) is 37.6 Å². The summed E-state index contributed by atoms with van der Waals surface area (Å²) in [5.74, 6) is 0.920. The van der Waals surface area contributed by atoms with Gasteiger partial charge < -0.3 is 14.6 Å². The second-order valence-corrected chi connectivity index (χ2v) is 8.01. The molecule has 9 heteroatoms. The van der Waals surface area contributed by atoms with E-state index in [2.05, 4.69) is 41.6 Å². The minimum atomic E-state index is -0.131. The molecule has 5 rings (SSSR count). The third kappa shape index (κ3) is 2.76. The van der Waals surface area contributed by atoms with Crippen LogP contribution in [0.25, 0.3) is 11.2 Å². The monoisotopic (exact) mass is 371 g/mol. The van der Waals surface area contributed by atoms with Crippen molar-refractivity contribution >= 4 is 28.3 Å². The van der Waals surface area contributed by atoms with Crippen molar-refractivity contribution in [1.29, 1.82) is 0 Å². The molecule has 2 aliphatic heterocycles. The molecule has 3 aromatic rings. The number of thiazole rings is 1. The highest BCUT2D eigenvalue weighted by atomic mass is 32.1. The zero-order valence-electron chi connectivity index (χ0n) is 14.7. The Morgan fingerprint density at radius 2 is 2.19 bits per heavy atom. The molecule has 1 spiro atoms. The number of aromatic nitrogens is 5. The first-order chi connectivity index (χ1) is 12.7. The molecule has 0 aromatic carbocycles. The summed E-state index contributed by atoms with van der Waals surface area (Å²) in [6.07, 6.45) is 4.26. The van der Waals surface area contributed by atoms with Crippen molar-refractivity contribution < 1.29 is 4.74 Å². The van der Waals surface area contributed by atoms with Gasteiger partial charge in [-0.15, -0.1) is 11.3 Å². The number of morpholine rings is 1. The van der Waals surface area contributed by atoms with Crippen LogP contribution in [0.3, 0.4) is 0 Å². The van der Waals surface area contributed by atoms with Crippen LogP contribution in [-0.2, 0) is 11.3 Å². The van der Waals surface area contributed by atoms with Gasteiger partial charge >= 0.3 is 0 Å². The standard InChI is InChI=1S/C17H21N7OS/c1-12-13(26-11-22-12)6-23-4-5-25-17(7-23)2-3-24(8-17)16-14-15(19-9-18-14)20-10-21-16/h9-11H,2-8H2,1H3,(H,18,19,20,21). The maximum Gasteiger partial charge on any atom is 0.182 e. The van der Waals surface area contributed by atoms with E-state index in [1.54, 1.807) is 24.0 Å². The Morgan fingerprint density at radius 3 is 3.08 bits per heavy atom. The molecule has 0 bridgehead atoms. The van der Waals surface area contributed by atoms with E-state index in [4.69, 9.17) is 4.74 Å². The molecule has 3 aromatic heterocycles. The van der Waals surface area contributed by atoms with Crippen molar-refractivity contribution in [2.24, 2.45) is 0 Å². The van der Waals surface area contributed by atoms with Crippen molar-refractivity contribution in [2.45, 2.75) is 25.5 Å². The summed E-state index contributed by atoms with van der Waals surface area (Å²) in [6, 6.07) is 0. The number of nitrogens with zero attached hydrogens (tertiary/aromatic N) is 6.